The fourth-order valence-electron chi connectivity index (χ4n) is 0.990. The number of nitrogens with zero attached hydrogens (tertiary/aromatic N) is 3. The van der Waals surface area contributed by atoms with E-state index >= 15 is 0 Å². The lowest BCUT2D eigenvalue weighted by Gasteiger charge is -1.97. The molecule has 0 radical (unpaired) electrons. The Morgan fingerprint density at radius 2 is 1.77 bits per heavy atom. The van der Waals surface area contributed by atoms with E-state index in [0.717, 1.165) is 5.56 Å². The van der Waals surface area contributed by atoms with Gasteiger partial charge in [-0.1, -0.05) is 11.6 Å². The molecule has 0 aliphatic carbocycles. The van der Waals surface area contributed by atoms with Crippen LogP contribution in [0.4, 0.5) is 0 Å². The molecule has 0 aliphatic rings. The molecule has 13 heavy (non-hydrogen) atoms. The third-order valence-corrected chi connectivity index (χ3v) is 1.76. The molecule has 0 bridgehead atoms. The summed E-state index contributed by atoms with van der Waals surface area (Å²) in [5, 5.41) is 0.449. The topological polar surface area (TPSA) is 38.7 Å². The summed E-state index contributed by atoms with van der Waals surface area (Å²) < 4.78 is 0. The molecule has 2 aromatic heterocycles. The Morgan fingerprint density at radius 1 is 1.00 bits per heavy atom. The van der Waals surface area contributed by atoms with Crippen LogP contribution in [0.1, 0.15) is 0 Å². The summed E-state index contributed by atoms with van der Waals surface area (Å²) in [5.41, 5.74) is 0.876. The van der Waals surface area contributed by atoms with E-state index in [1.165, 1.54) is 0 Å². The second-order valence-corrected chi connectivity index (χ2v) is 2.83. The summed E-state index contributed by atoms with van der Waals surface area (Å²) in [6.07, 6.45) is 5.02. The highest BCUT2D eigenvalue weighted by Crippen LogP contribution is 2.15. The Labute approximate surface area is 80.5 Å². The number of aromatic nitrogens is 3. The van der Waals surface area contributed by atoms with Gasteiger partial charge in [0.05, 0.1) is 0 Å². The van der Waals surface area contributed by atoms with Crippen LogP contribution in [-0.4, -0.2) is 15.0 Å². The number of hydrogen-bond acceptors (Lipinski definition) is 3. The summed E-state index contributed by atoms with van der Waals surface area (Å²) in [4.78, 5) is 12.1. The minimum atomic E-state index is 0.449. The van der Waals surface area contributed by atoms with Crippen molar-refractivity contribution in [1.29, 1.82) is 0 Å². The second kappa shape index (κ2) is 3.49. The van der Waals surface area contributed by atoms with Gasteiger partial charge >= 0.3 is 0 Å². The number of halogens is 1. The van der Waals surface area contributed by atoms with Gasteiger partial charge in [-0.15, -0.1) is 0 Å². The quantitative estimate of drug-likeness (QED) is 0.649. The summed E-state index contributed by atoms with van der Waals surface area (Å²) in [5.74, 6) is 0.659. The monoisotopic (exact) mass is 191 g/mol. The first-order chi connectivity index (χ1) is 6.36. The minimum Gasteiger partial charge on any atom is -0.245 e. The van der Waals surface area contributed by atoms with Crippen LogP contribution in [0.15, 0.2) is 36.8 Å². The SMILES string of the molecule is Clc1cc(-c2ncccn2)ccn1. The Bertz CT molecular complexity index is 403. The largest absolute Gasteiger partial charge is 0.245 e. The van der Waals surface area contributed by atoms with Gasteiger partial charge in [0.15, 0.2) is 5.82 Å². The van der Waals surface area contributed by atoms with E-state index in [4.69, 9.17) is 11.6 Å². The van der Waals surface area contributed by atoms with Gasteiger partial charge in [0, 0.05) is 24.2 Å². The van der Waals surface area contributed by atoms with Gasteiger partial charge in [-0.2, -0.15) is 0 Å². The van der Waals surface area contributed by atoms with E-state index in [1.807, 2.05) is 6.07 Å². The van der Waals surface area contributed by atoms with Crippen LogP contribution in [0.25, 0.3) is 11.4 Å². The summed E-state index contributed by atoms with van der Waals surface area (Å²) in [6, 6.07) is 5.32. The first-order valence-corrected chi connectivity index (χ1v) is 4.13. The average Bonchev–Trinajstić information content (AvgIpc) is 2.19. The van der Waals surface area contributed by atoms with Gasteiger partial charge in [0.1, 0.15) is 5.15 Å². The molecule has 3 nitrogen and oxygen atoms in total. The van der Waals surface area contributed by atoms with E-state index in [2.05, 4.69) is 15.0 Å². The summed E-state index contributed by atoms with van der Waals surface area (Å²) >= 11 is 5.73. The van der Waals surface area contributed by atoms with Crippen molar-refractivity contribution in [3.63, 3.8) is 0 Å². The molecule has 0 aromatic carbocycles. The second-order valence-electron chi connectivity index (χ2n) is 2.44. The van der Waals surface area contributed by atoms with E-state index in [1.54, 1.807) is 30.7 Å². The van der Waals surface area contributed by atoms with Gasteiger partial charge in [-0.25, -0.2) is 15.0 Å². The fraction of sp³-hybridized carbons (Fsp3) is 0. The molecule has 0 fully saturated rings. The lowest BCUT2D eigenvalue weighted by Crippen LogP contribution is -1.86. The maximum absolute atomic E-state index is 5.73. The smallest absolute Gasteiger partial charge is 0.159 e. The number of pyridine rings is 1. The molecule has 0 spiro atoms. The van der Waals surface area contributed by atoms with E-state index in [-0.39, 0.29) is 0 Å². The molecule has 2 aromatic rings. The predicted octanol–water partition coefficient (Wildman–Crippen LogP) is 2.19. The van der Waals surface area contributed by atoms with Crippen LogP contribution in [-0.2, 0) is 0 Å². The van der Waals surface area contributed by atoms with Crippen LogP contribution in [0, 0.1) is 0 Å². The lowest BCUT2D eigenvalue weighted by molar-refractivity contribution is 1.17. The molecular weight excluding hydrogens is 186 g/mol. The van der Waals surface area contributed by atoms with Crippen LogP contribution < -0.4 is 0 Å². The van der Waals surface area contributed by atoms with Crippen molar-refractivity contribution in [2.75, 3.05) is 0 Å². The van der Waals surface area contributed by atoms with Crippen molar-refractivity contribution in [1.82, 2.24) is 15.0 Å². The third kappa shape index (κ3) is 1.81. The fourth-order valence-corrected chi connectivity index (χ4v) is 1.16. The van der Waals surface area contributed by atoms with Crippen LogP contribution in [0.2, 0.25) is 5.15 Å². The molecular formula is C9H6ClN3. The zero-order valence-corrected chi connectivity index (χ0v) is 7.44. The van der Waals surface area contributed by atoms with Crippen LogP contribution in [0.3, 0.4) is 0 Å². The van der Waals surface area contributed by atoms with Crippen molar-refractivity contribution >= 4 is 11.6 Å². The lowest BCUT2D eigenvalue weighted by atomic mass is 10.2. The highest BCUT2D eigenvalue weighted by Gasteiger charge is 1.99. The molecule has 0 saturated heterocycles. The van der Waals surface area contributed by atoms with Gasteiger partial charge in [0.2, 0.25) is 0 Å². The first kappa shape index (κ1) is 8.13. The molecule has 0 N–H and O–H groups in total. The molecule has 4 heteroatoms. The van der Waals surface area contributed by atoms with Gasteiger partial charge in [0.25, 0.3) is 0 Å². The molecule has 0 aliphatic heterocycles. The first-order valence-electron chi connectivity index (χ1n) is 3.75. The van der Waals surface area contributed by atoms with Gasteiger partial charge in [-0.05, 0) is 18.2 Å². The Kier molecular flexibility index (Phi) is 2.19. The summed E-state index contributed by atoms with van der Waals surface area (Å²) in [6.45, 7) is 0. The van der Waals surface area contributed by atoms with Crippen LogP contribution >= 0.6 is 11.6 Å². The average molecular weight is 192 g/mol. The van der Waals surface area contributed by atoms with E-state index < -0.39 is 0 Å². The molecule has 0 unspecified atom stereocenters. The highest BCUT2D eigenvalue weighted by atomic mass is 35.5. The molecule has 64 valence electrons. The molecule has 0 amide bonds. The predicted molar refractivity (Wildman–Crippen MR) is 50.3 cm³/mol. The highest BCUT2D eigenvalue weighted by molar-refractivity contribution is 6.29. The van der Waals surface area contributed by atoms with E-state index in [0.29, 0.717) is 11.0 Å². The maximum atomic E-state index is 5.73. The van der Waals surface area contributed by atoms with Crippen molar-refractivity contribution < 1.29 is 0 Å². The Balaban J connectivity index is 2.48. The molecule has 2 heterocycles. The van der Waals surface area contributed by atoms with Gasteiger partial charge in [-0.3, -0.25) is 0 Å². The van der Waals surface area contributed by atoms with Crippen molar-refractivity contribution in [3.05, 3.63) is 41.9 Å². The number of hydrogen-bond donors (Lipinski definition) is 0. The third-order valence-electron chi connectivity index (χ3n) is 1.55. The normalized spacial score (nSPS) is 9.92. The van der Waals surface area contributed by atoms with Crippen molar-refractivity contribution in [2.24, 2.45) is 0 Å². The Hall–Kier alpha value is -1.48. The zero-order valence-electron chi connectivity index (χ0n) is 6.68. The number of rotatable bonds is 1. The standard InChI is InChI=1S/C9H6ClN3/c10-8-6-7(2-5-11-8)9-12-3-1-4-13-9/h1-6H. The molecule has 2 rings (SSSR count). The zero-order chi connectivity index (χ0) is 9.10. The minimum absolute atomic E-state index is 0.449. The Morgan fingerprint density at radius 3 is 2.46 bits per heavy atom. The van der Waals surface area contributed by atoms with Gasteiger partial charge < -0.3 is 0 Å². The molecule has 0 saturated carbocycles. The summed E-state index contributed by atoms with van der Waals surface area (Å²) in [7, 11) is 0. The van der Waals surface area contributed by atoms with Crippen molar-refractivity contribution in [2.45, 2.75) is 0 Å². The van der Waals surface area contributed by atoms with E-state index in [9.17, 15) is 0 Å². The molecule has 0 atom stereocenters. The maximum Gasteiger partial charge on any atom is 0.159 e. The van der Waals surface area contributed by atoms with Crippen molar-refractivity contribution in [3.8, 4) is 11.4 Å². The van der Waals surface area contributed by atoms with Crippen LogP contribution in [0.5, 0.6) is 0 Å².